The van der Waals surface area contributed by atoms with Gasteiger partial charge >= 0.3 is 0 Å². The van der Waals surface area contributed by atoms with E-state index in [1.54, 1.807) is 28.2 Å². The van der Waals surface area contributed by atoms with Gasteiger partial charge < -0.3 is 4.98 Å². The Morgan fingerprint density at radius 3 is 2.65 bits per heavy atom. The van der Waals surface area contributed by atoms with E-state index in [0.717, 1.165) is 34.0 Å². The second-order valence-corrected chi connectivity index (χ2v) is 10.4. The summed E-state index contributed by atoms with van der Waals surface area (Å²) in [5.41, 5.74) is 4.64. The van der Waals surface area contributed by atoms with E-state index >= 15 is 0 Å². The van der Waals surface area contributed by atoms with Crippen molar-refractivity contribution in [2.75, 3.05) is 0 Å². The number of pyridine rings is 1. The Bertz CT molecular complexity index is 1560. The van der Waals surface area contributed by atoms with Crippen molar-refractivity contribution in [1.29, 1.82) is 0 Å². The first kappa shape index (κ1) is 25.0. The number of rotatable bonds is 9. The van der Waals surface area contributed by atoms with Gasteiger partial charge in [-0.3, -0.25) is 9.69 Å². The summed E-state index contributed by atoms with van der Waals surface area (Å²) in [6.45, 7) is 7.71. The molecule has 0 unspecified atom stereocenters. The normalized spacial score (nSPS) is 12.5. The summed E-state index contributed by atoms with van der Waals surface area (Å²) in [6.07, 6.45) is 0.749. The Morgan fingerprint density at radius 1 is 1.11 bits per heavy atom. The van der Waals surface area contributed by atoms with Gasteiger partial charge in [0.1, 0.15) is 5.82 Å². The third kappa shape index (κ3) is 5.38. The van der Waals surface area contributed by atoms with Crippen molar-refractivity contribution in [2.45, 2.75) is 52.9 Å². The topological polar surface area (TPSA) is 79.7 Å². The molecule has 0 bridgehead atoms. The molecule has 9 heteroatoms. The van der Waals surface area contributed by atoms with Crippen molar-refractivity contribution in [2.24, 2.45) is 0 Å². The highest BCUT2D eigenvalue weighted by atomic mass is 32.1. The fourth-order valence-electron chi connectivity index (χ4n) is 4.71. The van der Waals surface area contributed by atoms with Crippen LogP contribution in [0.4, 0.5) is 4.39 Å². The maximum atomic E-state index is 13.4. The van der Waals surface area contributed by atoms with Crippen LogP contribution in [0.25, 0.3) is 10.9 Å². The molecule has 2 aromatic carbocycles. The number of halogens is 1. The van der Waals surface area contributed by atoms with Gasteiger partial charge in [-0.1, -0.05) is 37.3 Å². The van der Waals surface area contributed by atoms with Crippen LogP contribution < -0.4 is 5.56 Å². The highest BCUT2D eigenvalue weighted by molar-refractivity contribution is 7.09. The zero-order valence-electron chi connectivity index (χ0n) is 21.1. The van der Waals surface area contributed by atoms with Gasteiger partial charge in [0.05, 0.1) is 18.1 Å². The number of benzene rings is 2. The number of hydrogen-bond acceptors (Lipinski definition) is 6. The van der Waals surface area contributed by atoms with Crippen LogP contribution in [-0.2, 0) is 19.6 Å². The molecule has 0 aliphatic rings. The number of nitrogens with one attached hydrogen (secondary N) is 1. The molecule has 37 heavy (non-hydrogen) atoms. The van der Waals surface area contributed by atoms with Gasteiger partial charge in [-0.05, 0) is 82.4 Å². The van der Waals surface area contributed by atoms with Crippen LogP contribution in [0.1, 0.15) is 52.3 Å². The van der Waals surface area contributed by atoms with Crippen LogP contribution in [0.3, 0.4) is 0 Å². The van der Waals surface area contributed by atoms with E-state index in [4.69, 9.17) is 0 Å². The molecule has 190 valence electrons. The molecule has 0 spiro atoms. The molecule has 5 aromatic rings. The Balaban J connectivity index is 1.50. The SMILES string of the molecule is CC[C@H](c1nnnn1Cc1ccc(F)cc1)N(Cc1cccs1)Cc1cc2ccc(C)c(C)c2[nH]c1=O. The average Bonchev–Trinajstić information content (AvgIpc) is 3.57. The van der Waals surface area contributed by atoms with Crippen molar-refractivity contribution in [3.8, 4) is 0 Å². The average molecular weight is 517 g/mol. The largest absolute Gasteiger partial charge is 0.321 e. The monoisotopic (exact) mass is 516 g/mol. The molecule has 0 saturated carbocycles. The molecular weight excluding hydrogens is 487 g/mol. The summed E-state index contributed by atoms with van der Waals surface area (Å²) >= 11 is 1.68. The number of aryl methyl sites for hydroxylation is 2. The zero-order chi connectivity index (χ0) is 25.9. The second kappa shape index (κ2) is 10.7. The van der Waals surface area contributed by atoms with E-state index in [1.165, 1.54) is 17.0 Å². The summed E-state index contributed by atoms with van der Waals surface area (Å²) in [5.74, 6) is 0.437. The highest BCUT2D eigenvalue weighted by Gasteiger charge is 2.26. The molecule has 7 nitrogen and oxygen atoms in total. The molecule has 0 aliphatic carbocycles. The minimum absolute atomic E-state index is 0.0851. The smallest absolute Gasteiger partial charge is 0.252 e. The van der Waals surface area contributed by atoms with E-state index in [9.17, 15) is 9.18 Å². The van der Waals surface area contributed by atoms with Gasteiger partial charge in [-0.15, -0.1) is 16.4 Å². The molecule has 0 saturated heterocycles. The number of nitrogens with zero attached hydrogens (tertiary/aromatic N) is 5. The Hall–Kier alpha value is -3.69. The molecule has 3 heterocycles. The number of hydrogen-bond donors (Lipinski definition) is 1. The van der Waals surface area contributed by atoms with Crippen LogP contribution in [0.2, 0.25) is 0 Å². The summed E-state index contributed by atoms with van der Waals surface area (Å²) in [6, 6.07) is 16.5. The lowest BCUT2D eigenvalue weighted by molar-refractivity contribution is 0.163. The van der Waals surface area contributed by atoms with Crippen molar-refractivity contribution >= 4 is 22.2 Å². The zero-order valence-corrected chi connectivity index (χ0v) is 21.9. The maximum Gasteiger partial charge on any atom is 0.252 e. The number of aromatic amines is 1. The highest BCUT2D eigenvalue weighted by Crippen LogP contribution is 2.28. The summed E-state index contributed by atoms with van der Waals surface area (Å²) in [7, 11) is 0. The predicted octanol–water partition coefficient (Wildman–Crippen LogP) is 5.53. The van der Waals surface area contributed by atoms with E-state index < -0.39 is 0 Å². The first-order chi connectivity index (χ1) is 17.9. The number of H-pyrrole nitrogens is 1. The third-order valence-electron chi connectivity index (χ3n) is 6.87. The lowest BCUT2D eigenvalue weighted by atomic mass is 10.0. The molecule has 0 radical (unpaired) electrons. The molecule has 0 aliphatic heterocycles. The fraction of sp³-hybridized carbons (Fsp3) is 0.286. The quantitative estimate of drug-likeness (QED) is 0.279. The van der Waals surface area contributed by atoms with E-state index in [-0.39, 0.29) is 17.4 Å². The summed E-state index contributed by atoms with van der Waals surface area (Å²) in [5, 5.41) is 15.7. The molecule has 0 fully saturated rings. The van der Waals surface area contributed by atoms with E-state index in [2.05, 4.69) is 55.9 Å². The van der Waals surface area contributed by atoms with Gasteiger partial charge in [-0.2, -0.15) is 0 Å². The van der Waals surface area contributed by atoms with Gasteiger partial charge in [0.25, 0.3) is 5.56 Å². The molecule has 3 aromatic heterocycles. The third-order valence-corrected chi connectivity index (χ3v) is 7.73. The van der Waals surface area contributed by atoms with Gasteiger partial charge in [-0.25, -0.2) is 9.07 Å². The van der Waals surface area contributed by atoms with Crippen molar-refractivity contribution in [3.63, 3.8) is 0 Å². The Labute approximate surface area is 218 Å². The number of thiophene rings is 1. The number of tetrazole rings is 1. The first-order valence-electron chi connectivity index (χ1n) is 12.3. The van der Waals surface area contributed by atoms with E-state index in [1.807, 2.05) is 26.0 Å². The van der Waals surface area contributed by atoms with Crippen molar-refractivity contribution in [3.05, 3.63) is 109 Å². The van der Waals surface area contributed by atoms with Crippen LogP contribution in [0, 0.1) is 19.7 Å². The molecular formula is C28H29FN6OS. The van der Waals surface area contributed by atoms with Crippen LogP contribution in [0.5, 0.6) is 0 Å². The molecule has 0 amide bonds. The van der Waals surface area contributed by atoms with Crippen molar-refractivity contribution < 1.29 is 4.39 Å². The van der Waals surface area contributed by atoms with E-state index in [0.29, 0.717) is 31.0 Å². The van der Waals surface area contributed by atoms with Crippen LogP contribution in [0.15, 0.2) is 64.8 Å². The minimum Gasteiger partial charge on any atom is -0.321 e. The number of fused-ring (bicyclic) bond motifs is 1. The second-order valence-electron chi connectivity index (χ2n) is 9.32. The van der Waals surface area contributed by atoms with Crippen molar-refractivity contribution in [1.82, 2.24) is 30.1 Å². The molecule has 5 rings (SSSR count). The maximum absolute atomic E-state index is 13.4. The lowest BCUT2D eigenvalue weighted by Crippen LogP contribution is -2.32. The molecule has 1 atom stereocenters. The number of aromatic nitrogens is 5. The standard InChI is InChI=1S/C28H29FN6OS/c1-4-25(27-31-32-33-35(27)15-20-8-11-23(29)12-9-20)34(17-24-6-5-13-37-24)16-22-14-21-10-7-18(2)19(3)26(21)30-28(22)36/h5-14,25H,4,15-17H2,1-3H3,(H,30,36)/t25-/m1/s1. The van der Waals surface area contributed by atoms with Gasteiger partial charge in [0.2, 0.25) is 0 Å². The Kier molecular flexibility index (Phi) is 7.25. The summed E-state index contributed by atoms with van der Waals surface area (Å²) < 4.78 is 15.2. The first-order valence-corrected chi connectivity index (χ1v) is 13.2. The fourth-order valence-corrected chi connectivity index (χ4v) is 5.44. The molecule has 1 N–H and O–H groups in total. The van der Waals surface area contributed by atoms with Gasteiger partial charge in [0.15, 0.2) is 5.82 Å². The van der Waals surface area contributed by atoms with Crippen LogP contribution in [-0.4, -0.2) is 30.1 Å². The van der Waals surface area contributed by atoms with Gasteiger partial charge in [0, 0.05) is 23.5 Å². The minimum atomic E-state index is -0.278. The van der Waals surface area contributed by atoms with Crippen LogP contribution >= 0.6 is 11.3 Å². The predicted molar refractivity (Wildman–Crippen MR) is 144 cm³/mol. The summed E-state index contributed by atoms with van der Waals surface area (Å²) in [4.78, 5) is 19.8. The lowest BCUT2D eigenvalue weighted by Gasteiger charge is -2.30. The Morgan fingerprint density at radius 2 is 1.92 bits per heavy atom.